The third kappa shape index (κ3) is 3.49. The zero-order valence-electron chi connectivity index (χ0n) is 9.66. The maximum Gasteiger partial charge on any atom is 0.254 e. The Bertz CT molecular complexity index is 355. The summed E-state index contributed by atoms with van der Waals surface area (Å²) in [7, 11) is 0. The van der Waals surface area contributed by atoms with Gasteiger partial charge in [0.05, 0.1) is 10.6 Å². The highest BCUT2D eigenvalue weighted by atomic mass is 35.5. The van der Waals surface area contributed by atoms with Crippen molar-refractivity contribution in [3.63, 3.8) is 0 Å². The van der Waals surface area contributed by atoms with E-state index in [0.717, 1.165) is 19.3 Å². The molecule has 0 radical (unpaired) electrons. The second kappa shape index (κ2) is 6.48. The van der Waals surface area contributed by atoms with Gasteiger partial charge < -0.3 is 5.32 Å². The lowest BCUT2D eigenvalue weighted by Gasteiger charge is -2.16. The Morgan fingerprint density at radius 1 is 1.56 bits per heavy atom. The number of nitrogens with one attached hydrogen (secondary N) is 1. The summed E-state index contributed by atoms with van der Waals surface area (Å²) in [6.07, 6.45) is 6.04. The van der Waals surface area contributed by atoms with Crippen molar-refractivity contribution in [2.24, 2.45) is 0 Å². The van der Waals surface area contributed by atoms with Crippen molar-refractivity contribution < 1.29 is 4.79 Å². The number of carbonyl (C=O) groups excluding carboxylic acids is 1. The number of nitrogens with zero attached hydrogens (tertiary/aromatic N) is 1. The van der Waals surface area contributed by atoms with Crippen LogP contribution in [0.5, 0.6) is 0 Å². The number of aromatic nitrogens is 1. The lowest BCUT2D eigenvalue weighted by molar-refractivity contribution is 0.0933. The van der Waals surface area contributed by atoms with E-state index in [1.807, 2.05) is 0 Å². The van der Waals surface area contributed by atoms with Crippen molar-refractivity contribution in [1.29, 1.82) is 0 Å². The number of rotatable bonds is 5. The molecule has 1 amide bonds. The molecule has 1 rings (SSSR count). The molecule has 0 aliphatic heterocycles. The Balaban J connectivity index is 2.68. The molecule has 0 aliphatic rings. The van der Waals surface area contributed by atoms with Gasteiger partial charge in [0.2, 0.25) is 0 Å². The number of pyridine rings is 1. The Kier molecular flexibility index (Phi) is 5.26. The van der Waals surface area contributed by atoms with E-state index < -0.39 is 0 Å². The van der Waals surface area contributed by atoms with Crippen molar-refractivity contribution in [3.05, 3.63) is 29.0 Å². The summed E-state index contributed by atoms with van der Waals surface area (Å²) >= 11 is 5.92. The van der Waals surface area contributed by atoms with E-state index in [1.54, 1.807) is 12.3 Å². The summed E-state index contributed by atoms with van der Waals surface area (Å²) in [5, 5.41) is 3.40. The zero-order chi connectivity index (χ0) is 12.0. The molecule has 1 aromatic heterocycles. The number of amides is 1. The molecular weight excluding hydrogens is 224 g/mol. The van der Waals surface area contributed by atoms with Crippen LogP contribution in [0.1, 0.15) is 43.5 Å². The van der Waals surface area contributed by atoms with Crippen LogP contribution in [-0.2, 0) is 0 Å². The van der Waals surface area contributed by atoms with Crippen molar-refractivity contribution in [2.75, 3.05) is 0 Å². The molecule has 0 saturated heterocycles. The molecule has 0 fully saturated rings. The highest BCUT2D eigenvalue weighted by Crippen LogP contribution is 2.14. The quantitative estimate of drug-likeness (QED) is 0.860. The summed E-state index contributed by atoms with van der Waals surface area (Å²) in [6.45, 7) is 4.16. The summed E-state index contributed by atoms with van der Waals surface area (Å²) in [5.74, 6) is -0.140. The van der Waals surface area contributed by atoms with Gasteiger partial charge in [-0.05, 0) is 18.9 Å². The van der Waals surface area contributed by atoms with Crippen molar-refractivity contribution >= 4 is 17.5 Å². The molecule has 1 aromatic rings. The van der Waals surface area contributed by atoms with Crippen LogP contribution in [-0.4, -0.2) is 16.9 Å². The first-order valence-corrected chi connectivity index (χ1v) is 5.97. The van der Waals surface area contributed by atoms with Gasteiger partial charge >= 0.3 is 0 Å². The van der Waals surface area contributed by atoms with Gasteiger partial charge in [-0.1, -0.05) is 31.9 Å². The van der Waals surface area contributed by atoms with E-state index in [-0.39, 0.29) is 11.9 Å². The van der Waals surface area contributed by atoms with Gasteiger partial charge in [0.25, 0.3) is 5.91 Å². The lowest BCUT2D eigenvalue weighted by Crippen LogP contribution is -2.34. The van der Waals surface area contributed by atoms with Crippen LogP contribution >= 0.6 is 11.6 Å². The SMILES string of the molecule is CCCC(CC)NC(=O)c1cnccc1Cl. The summed E-state index contributed by atoms with van der Waals surface area (Å²) in [6, 6.07) is 1.84. The molecule has 3 nitrogen and oxygen atoms in total. The number of carbonyl (C=O) groups is 1. The monoisotopic (exact) mass is 240 g/mol. The van der Waals surface area contributed by atoms with Crippen molar-refractivity contribution in [2.45, 2.75) is 39.2 Å². The minimum Gasteiger partial charge on any atom is -0.349 e. The topological polar surface area (TPSA) is 42.0 Å². The Morgan fingerprint density at radius 3 is 2.88 bits per heavy atom. The maximum absolute atomic E-state index is 11.9. The fraction of sp³-hybridized carbons (Fsp3) is 0.500. The molecule has 0 aromatic carbocycles. The standard InChI is InChI=1S/C12H17ClN2O/c1-3-5-9(4-2)15-12(16)10-8-14-7-6-11(10)13/h6-9H,3-5H2,1-2H3,(H,15,16). The van der Waals surface area contributed by atoms with E-state index in [1.165, 1.54) is 6.20 Å². The Morgan fingerprint density at radius 2 is 2.31 bits per heavy atom. The Labute approximate surface area is 101 Å². The van der Waals surface area contributed by atoms with Crippen LogP contribution in [0, 0.1) is 0 Å². The molecule has 1 heterocycles. The predicted octanol–water partition coefficient (Wildman–Crippen LogP) is 3.04. The van der Waals surface area contributed by atoms with E-state index in [0.29, 0.717) is 10.6 Å². The fourth-order valence-corrected chi connectivity index (χ4v) is 1.73. The van der Waals surface area contributed by atoms with Crippen LogP contribution in [0.15, 0.2) is 18.5 Å². The molecule has 1 N–H and O–H groups in total. The molecular formula is C12H17ClN2O. The summed E-state index contributed by atoms with van der Waals surface area (Å²) in [5.41, 5.74) is 0.443. The van der Waals surface area contributed by atoms with E-state index in [4.69, 9.17) is 11.6 Å². The molecule has 0 bridgehead atoms. The fourth-order valence-electron chi connectivity index (χ4n) is 1.53. The van der Waals surface area contributed by atoms with E-state index in [2.05, 4.69) is 24.1 Å². The molecule has 0 aliphatic carbocycles. The van der Waals surface area contributed by atoms with E-state index >= 15 is 0 Å². The Hall–Kier alpha value is -1.09. The summed E-state index contributed by atoms with van der Waals surface area (Å²) in [4.78, 5) is 15.8. The molecule has 1 unspecified atom stereocenters. The molecule has 0 saturated carbocycles. The van der Waals surface area contributed by atoms with Gasteiger partial charge in [0, 0.05) is 18.4 Å². The first-order valence-electron chi connectivity index (χ1n) is 5.59. The lowest BCUT2D eigenvalue weighted by atomic mass is 10.1. The van der Waals surface area contributed by atoms with Gasteiger partial charge in [-0.15, -0.1) is 0 Å². The number of halogens is 1. The van der Waals surface area contributed by atoms with Crippen LogP contribution in [0.4, 0.5) is 0 Å². The average molecular weight is 241 g/mol. The largest absolute Gasteiger partial charge is 0.349 e. The number of hydrogen-bond acceptors (Lipinski definition) is 2. The van der Waals surface area contributed by atoms with Crippen LogP contribution in [0.25, 0.3) is 0 Å². The second-order valence-electron chi connectivity index (χ2n) is 3.72. The highest BCUT2D eigenvalue weighted by molar-refractivity contribution is 6.33. The molecule has 4 heteroatoms. The third-order valence-electron chi connectivity index (χ3n) is 2.48. The second-order valence-corrected chi connectivity index (χ2v) is 4.13. The van der Waals surface area contributed by atoms with Gasteiger partial charge in [-0.25, -0.2) is 0 Å². The number of hydrogen-bond donors (Lipinski definition) is 1. The van der Waals surface area contributed by atoms with Gasteiger partial charge in [0.1, 0.15) is 0 Å². The van der Waals surface area contributed by atoms with Crippen molar-refractivity contribution in [1.82, 2.24) is 10.3 Å². The molecule has 1 atom stereocenters. The normalized spacial score (nSPS) is 12.2. The van der Waals surface area contributed by atoms with Crippen LogP contribution in [0.2, 0.25) is 5.02 Å². The molecule has 88 valence electrons. The van der Waals surface area contributed by atoms with Crippen LogP contribution < -0.4 is 5.32 Å². The average Bonchev–Trinajstić information content (AvgIpc) is 2.28. The van der Waals surface area contributed by atoms with Crippen molar-refractivity contribution in [3.8, 4) is 0 Å². The minimum absolute atomic E-state index is 0.140. The van der Waals surface area contributed by atoms with Crippen LogP contribution in [0.3, 0.4) is 0 Å². The van der Waals surface area contributed by atoms with Gasteiger partial charge in [-0.2, -0.15) is 0 Å². The highest BCUT2D eigenvalue weighted by Gasteiger charge is 2.13. The first kappa shape index (κ1) is 13.0. The minimum atomic E-state index is -0.140. The van der Waals surface area contributed by atoms with E-state index in [9.17, 15) is 4.79 Å². The van der Waals surface area contributed by atoms with Gasteiger partial charge in [-0.3, -0.25) is 9.78 Å². The summed E-state index contributed by atoms with van der Waals surface area (Å²) < 4.78 is 0. The molecule has 16 heavy (non-hydrogen) atoms. The third-order valence-corrected chi connectivity index (χ3v) is 2.81. The maximum atomic E-state index is 11.9. The smallest absolute Gasteiger partial charge is 0.254 e. The molecule has 0 spiro atoms. The zero-order valence-corrected chi connectivity index (χ0v) is 10.4. The predicted molar refractivity (Wildman–Crippen MR) is 65.7 cm³/mol. The first-order chi connectivity index (χ1) is 7.69. The van der Waals surface area contributed by atoms with Gasteiger partial charge in [0.15, 0.2) is 0 Å².